The fourth-order valence-electron chi connectivity index (χ4n) is 2.32. The first-order valence-electron chi connectivity index (χ1n) is 7.29. The number of hydrogen-bond donors (Lipinski definition) is 0. The van der Waals surface area contributed by atoms with Crippen LogP contribution in [-0.2, 0) is 0 Å². The topological polar surface area (TPSA) is 23.6 Å². The molecule has 0 radical (unpaired) electrons. The van der Waals surface area contributed by atoms with Gasteiger partial charge in [-0.05, 0) is 37.5 Å². The van der Waals surface area contributed by atoms with Crippen molar-refractivity contribution in [3.63, 3.8) is 0 Å². The minimum Gasteiger partial charge on any atom is -0.319 e. The number of amides is 2. The second-order valence-corrected chi connectivity index (χ2v) is 5.91. The van der Waals surface area contributed by atoms with Crippen LogP contribution in [0.15, 0.2) is 35.9 Å². The molecule has 1 aliphatic rings. The molecule has 0 unspecified atom stereocenters. The van der Waals surface area contributed by atoms with Crippen LogP contribution in [0.1, 0.15) is 39.2 Å². The average Bonchev–Trinajstić information content (AvgIpc) is 2.78. The van der Waals surface area contributed by atoms with Crippen LogP contribution in [0.2, 0.25) is 0 Å². The highest BCUT2D eigenvalue weighted by molar-refractivity contribution is 5.94. The Morgan fingerprint density at radius 3 is 2.40 bits per heavy atom. The van der Waals surface area contributed by atoms with Gasteiger partial charge in [0.15, 0.2) is 0 Å². The summed E-state index contributed by atoms with van der Waals surface area (Å²) < 4.78 is 0. The quantitative estimate of drug-likeness (QED) is 0.759. The van der Waals surface area contributed by atoms with Gasteiger partial charge in [0.1, 0.15) is 0 Å². The standard InChI is InChI=1S/C17H24N2O/c1-13(2)9-10-18-11-12-19(17(18)20)16-7-5-15(6-8-16)14(3)4/h5-9,14H,10-12H2,1-4H3. The van der Waals surface area contributed by atoms with Crippen molar-refractivity contribution >= 4 is 11.7 Å². The largest absolute Gasteiger partial charge is 0.324 e. The number of urea groups is 1. The van der Waals surface area contributed by atoms with E-state index in [9.17, 15) is 4.79 Å². The van der Waals surface area contributed by atoms with Crippen molar-refractivity contribution < 1.29 is 4.79 Å². The van der Waals surface area contributed by atoms with Gasteiger partial charge < -0.3 is 4.90 Å². The van der Waals surface area contributed by atoms with E-state index in [-0.39, 0.29) is 6.03 Å². The summed E-state index contributed by atoms with van der Waals surface area (Å²) in [5, 5.41) is 0. The molecule has 0 bridgehead atoms. The van der Waals surface area contributed by atoms with Crippen molar-refractivity contribution in [2.75, 3.05) is 24.5 Å². The lowest BCUT2D eigenvalue weighted by Crippen LogP contribution is -2.31. The van der Waals surface area contributed by atoms with Crippen LogP contribution in [-0.4, -0.2) is 30.6 Å². The summed E-state index contributed by atoms with van der Waals surface area (Å²) in [7, 11) is 0. The predicted octanol–water partition coefficient (Wildman–Crippen LogP) is 4.02. The number of carbonyl (C=O) groups is 1. The third-order valence-electron chi connectivity index (χ3n) is 3.69. The average molecular weight is 272 g/mol. The maximum Gasteiger partial charge on any atom is 0.324 e. The summed E-state index contributed by atoms with van der Waals surface area (Å²) in [5.41, 5.74) is 3.55. The van der Waals surface area contributed by atoms with Gasteiger partial charge in [-0.1, -0.05) is 37.6 Å². The molecule has 108 valence electrons. The molecule has 0 spiro atoms. The molecule has 2 amide bonds. The molecular formula is C17H24N2O. The van der Waals surface area contributed by atoms with Crippen LogP contribution in [0.4, 0.5) is 10.5 Å². The summed E-state index contributed by atoms with van der Waals surface area (Å²) in [4.78, 5) is 16.1. The van der Waals surface area contributed by atoms with E-state index in [1.54, 1.807) is 0 Å². The lowest BCUT2D eigenvalue weighted by Gasteiger charge is -2.18. The second-order valence-electron chi connectivity index (χ2n) is 5.91. The summed E-state index contributed by atoms with van der Waals surface area (Å²) >= 11 is 0. The Morgan fingerprint density at radius 1 is 1.20 bits per heavy atom. The van der Waals surface area contributed by atoms with Gasteiger partial charge in [0.05, 0.1) is 0 Å². The van der Waals surface area contributed by atoms with E-state index in [0.29, 0.717) is 12.5 Å². The molecule has 1 heterocycles. The molecule has 0 aromatic heterocycles. The van der Waals surface area contributed by atoms with E-state index < -0.39 is 0 Å². The molecule has 1 saturated heterocycles. The molecule has 0 atom stereocenters. The highest BCUT2D eigenvalue weighted by atomic mass is 16.2. The number of benzene rings is 1. The lowest BCUT2D eigenvalue weighted by atomic mass is 10.0. The van der Waals surface area contributed by atoms with Gasteiger partial charge in [0, 0.05) is 25.3 Å². The molecule has 1 fully saturated rings. The first kappa shape index (κ1) is 14.6. The van der Waals surface area contributed by atoms with Crippen molar-refractivity contribution in [3.8, 4) is 0 Å². The van der Waals surface area contributed by atoms with E-state index >= 15 is 0 Å². The SMILES string of the molecule is CC(C)=CCN1CCN(c2ccc(C(C)C)cc2)C1=O. The Morgan fingerprint density at radius 2 is 1.85 bits per heavy atom. The summed E-state index contributed by atoms with van der Waals surface area (Å²) in [6.07, 6.45) is 2.10. The van der Waals surface area contributed by atoms with Crippen LogP contribution >= 0.6 is 0 Å². The van der Waals surface area contributed by atoms with Crippen LogP contribution < -0.4 is 4.90 Å². The third-order valence-corrected chi connectivity index (χ3v) is 3.69. The summed E-state index contributed by atoms with van der Waals surface area (Å²) in [6, 6.07) is 8.45. The Bertz CT molecular complexity index is 498. The van der Waals surface area contributed by atoms with Crippen molar-refractivity contribution in [2.24, 2.45) is 0 Å². The van der Waals surface area contributed by atoms with Gasteiger partial charge in [-0.3, -0.25) is 4.90 Å². The van der Waals surface area contributed by atoms with Crippen molar-refractivity contribution in [1.82, 2.24) is 4.90 Å². The van der Waals surface area contributed by atoms with Gasteiger partial charge in [0.2, 0.25) is 0 Å². The number of hydrogen-bond acceptors (Lipinski definition) is 1. The molecule has 1 aromatic rings. The Labute approximate surface area is 121 Å². The van der Waals surface area contributed by atoms with Gasteiger partial charge in [-0.15, -0.1) is 0 Å². The van der Waals surface area contributed by atoms with Gasteiger partial charge in [0.25, 0.3) is 0 Å². The zero-order chi connectivity index (χ0) is 14.7. The normalized spacial score (nSPS) is 15.2. The summed E-state index contributed by atoms with van der Waals surface area (Å²) in [5.74, 6) is 0.521. The van der Waals surface area contributed by atoms with E-state index in [4.69, 9.17) is 0 Å². The number of rotatable bonds is 4. The first-order chi connectivity index (χ1) is 9.49. The smallest absolute Gasteiger partial charge is 0.319 e. The molecule has 0 saturated carbocycles. The first-order valence-corrected chi connectivity index (χ1v) is 7.29. The number of anilines is 1. The lowest BCUT2D eigenvalue weighted by molar-refractivity contribution is 0.225. The molecule has 3 heteroatoms. The maximum atomic E-state index is 12.4. The van der Waals surface area contributed by atoms with Gasteiger partial charge in [-0.2, -0.15) is 0 Å². The van der Waals surface area contributed by atoms with Gasteiger partial charge >= 0.3 is 6.03 Å². The zero-order valence-electron chi connectivity index (χ0n) is 12.9. The number of allylic oxidation sites excluding steroid dienone is 1. The molecular weight excluding hydrogens is 248 g/mol. The van der Waals surface area contributed by atoms with Crippen LogP contribution in [0, 0.1) is 0 Å². The van der Waals surface area contributed by atoms with Crippen LogP contribution in [0.3, 0.4) is 0 Å². The van der Waals surface area contributed by atoms with Crippen LogP contribution in [0.25, 0.3) is 0 Å². The molecule has 1 aromatic carbocycles. The molecule has 3 nitrogen and oxygen atoms in total. The Hall–Kier alpha value is -1.77. The molecule has 1 aliphatic heterocycles. The minimum absolute atomic E-state index is 0.111. The molecule has 20 heavy (non-hydrogen) atoms. The number of carbonyl (C=O) groups excluding carboxylic acids is 1. The van der Waals surface area contributed by atoms with Crippen LogP contribution in [0.5, 0.6) is 0 Å². The Balaban J connectivity index is 2.07. The summed E-state index contributed by atoms with van der Waals surface area (Å²) in [6.45, 7) is 10.8. The van der Waals surface area contributed by atoms with E-state index in [1.807, 2.05) is 9.80 Å². The predicted molar refractivity (Wildman–Crippen MR) is 84.3 cm³/mol. The molecule has 2 rings (SSSR count). The van der Waals surface area contributed by atoms with Crippen molar-refractivity contribution in [2.45, 2.75) is 33.6 Å². The molecule has 0 N–H and O–H groups in total. The van der Waals surface area contributed by atoms with E-state index in [0.717, 1.165) is 18.8 Å². The van der Waals surface area contributed by atoms with E-state index in [1.165, 1.54) is 11.1 Å². The maximum absolute atomic E-state index is 12.4. The fourth-order valence-corrected chi connectivity index (χ4v) is 2.32. The number of nitrogens with zero attached hydrogens (tertiary/aromatic N) is 2. The minimum atomic E-state index is 0.111. The zero-order valence-corrected chi connectivity index (χ0v) is 12.9. The van der Waals surface area contributed by atoms with Crippen molar-refractivity contribution in [3.05, 3.63) is 41.5 Å². The highest BCUT2D eigenvalue weighted by Gasteiger charge is 2.28. The second kappa shape index (κ2) is 6.12. The van der Waals surface area contributed by atoms with Crippen molar-refractivity contribution in [1.29, 1.82) is 0 Å². The fraction of sp³-hybridized carbons (Fsp3) is 0.471. The third kappa shape index (κ3) is 3.21. The monoisotopic (exact) mass is 272 g/mol. The molecule has 0 aliphatic carbocycles. The Kier molecular flexibility index (Phi) is 4.48. The highest BCUT2D eigenvalue weighted by Crippen LogP contribution is 2.23. The van der Waals surface area contributed by atoms with Gasteiger partial charge in [-0.25, -0.2) is 4.79 Å². The van der Waals surface area contributed by atoms with E-state index in [2.05, 4.69) is 58.0 Å².